The first-order valence-corrected chi connectivity index (χ1v) is 8.53. The van der Waals surface area contributed by atoms with Crippen molar-refractivity contribution in [1.29, 1.82) is 0 Å². The molecule has 0 amide bonds. The molecule has 120 valence electrons. The van der Waals surface area contributed by atoms with Gasteiger partial charge in [-0.2, -0.15) is 9.97 Å². The number of anilines is 3. The molecule has 0 radical (unpaired) electrons. The molecule has 1 aliphatic carbocycles. The minimum Gasteiger partial charge on any atom is -0.383 e. The molecule has 6 nitrogen and oxygen atoms in total. The van der Waals surface area contributed by atoms with E-state index in [4.69, 9.17) is 11.5 Å². The van der Waals surface area contributed by atoms with E-state index in [0.717, 1.165) is 49.9 Å². The Hall–Kier alpha value is -1.56. The zero-order valence-electron chi connectivity index (χ0n) is 13.1. The molecular formula is C16H26N6. The smallest absolute Gasteiger partial charge is 0.223 e. The Morgan fingerprint density at radius 1 is 1.14 bits per heavy atom. The third-order valence-electron chi connectivity index (χ3n) is 5.63. The van der Waals surface area contributed by atoms with Crippen LogP contribution < -0.4 is 21.7 Å². The molecule has 1 spiro atoms. The number of nitrogens with one attached hydrogen (secondary N) is 1. The van der Waals surface area contributed by atoms with Crippen LogP contribution in [-0.4, -0.2) is 36.1 Å². The van der Waals surface area contributed by atoms with Crippen LogP contribution >= 0.6 is 0 Å². The van der Waals surface area contributed by atoms with Crippen LogP contribution in [0.5, 0.6) is 0 Å². The topological polar surface area (TPSA) is 93.1 Å². The summed E-state index contributed by atoms with van der Waals surface area (Å²) in [6.45, 7) is 4.42. The van der Waals surface area contributed by atoms with Gasteiger partial charge in [0, 0.05) is 18.7 Å². The van der Waals surface area contributed by atoms with Crippen molar-refractivity contribution in [3.8, 4) is 0 Å². The number of aromatic nitrogens is 2. The summed E-state index contributed by atoms with van der Waals surface area (Å²) >= 11 is 0. The van der Waals surface area contributed by atoms with Crippen LogP contribution in [0.25, 0.3) is 0 Å². The van der Waals surface area contributed by atoms with Gasteiger partial charge in [0.25, 0.3) is 0 Å². The molecule has 5 N–H and O–H groups in total. The molecule has 1 saturated carbocycles. The number of hydrogen-bond acceptors (Lipinski definition) is 6. The van der Waals surface area contributed by atoms with Gasteiger partial charge in [0.05, 0.1) is 0 Å². The van der Waals surface area contributed by atoms with Gasteiger partial charge in [0.15, 0.2) is 0 Å². The molecule has 3 fully saturated rings. The first kappa shape index (κ1) is 14.1. The fourth-order valence-corrected chi connectivity index (χ4v) is 4.06. The summed E-state index contributed by atoms with van der Waals surface area (Å²) in [5.41, 5.74) is 13.6. The zero-order valence-corrected chi connectivity index (χ0v) is 13.1. The highest BCUT2D eigenvalue weighted by atomic mass is 15.2. The predicted molar refractivity (Wildman–Crippen MR) is 88.7 cm³/mol. The molecule has 1 aromatic rings. The van der Waals surface area contributed by atoms with Crippen LogP contribution in [0.3, 0.4) is 0 Å². The van der Waals surface area contributed by atoms with E-state index in [1.807, 2.05) is 0 Å². The maximum absolute atomic E-state index is 6.17. The van der Waals surface area contributed by atoms with Gasteiger partial charge in [0.2, 0.25) is 5.95 Å². The van der Waals surface area contributed by atoms with E-state index in [1.165, 1.54) is 32.1 Å². The molecule has 0 bridgehead atoms. The summed E-state index contributed by atoms with van der Waals surface area (Å²) in [7, 11) is 0. The molecule has 2 aliphatic heterocycles. The first-order valence-electron chi connectivity index (χ1n) is 8.53. The molecule has 0 atom stereocenters. The summed E-state index contributed by atoms with van der Waals surface area (Å²) in [5, 5.41) is 3.47. The van der Waals surface area contributed by atoms with Crippen molar-refractivity contribution in [2.45, 2.75) is 38.5 Å². The van der Waals surface area contributed by atoms with Crippen molar-refractivity contribution in [1.82, 2.24) is 15.3 Å². The van der Waals surface area contributed by atoms with E-state index < -0.39 is 0 Å². The van der Waals surface area contributed by atoms with Crippen LogP contribution in [0, 0.1) is 11.3 Å². The fraction of sp³-hybridized carbons (Fsp3) is 0.750. The Balaban J connectivity index is 1.61. The molecule has 4 rings (SSSR count). The van der Waals surface area contributed by atoms with Crippen molar-refractivity contribution in [2.24, 2.45) is 11.3 Å². The molecular weight excluding hydrogens is 276 g/mol. The predicted octanol–water partition coefficient (Wildman–Crippen LogP) is 1.17. The maximum Gasteiger partial charge on any atom is 0.223 e. The number of rotatable bonds is 3. The lowest BCUT2D eigenvalue weighted by molar-refractivity contribution is 0.232. The highest BCUT2D eigenvalue weighted by Crippen LogP contribution is 2.43. The molecule has 0 unspecified atom stereocenters. The average molecular weight is 302 g/mol. The van der Waals surface area contributed by atoms with E-state index in [1.54, 1.807) is 0 Å². The van der Waals surface area contributed by atoms with Crippen molar-refractivity contribution in [3.05, 3.63) is 5.56 Å². The second kappa shape index (κ2) is 5.26. The van der Waals surface area contributed by atoms with E-state index in [9.17, 15) is 0 Å². The Labute approximate surface area is 131 Å². The summed E-state index contributed by atoms with van der Waals surface area (Å²) < 4.78 is 0. The number of nitrogens with zero attached hydrogens (tertiary/aromatic N) is 3. The van der Waals surface area contributed by atoms with Crippen LogP contribution in [0.2, 0.25) is 0 Å². The molecule has 6 heteroatoms. The quantitative estimate of drug-likeness (QED) is 0.776. The average Bonchev–Trinajstić information content (AvgIpc) is 3.24. The van der Waals surface area contributed by atoms with E-state index >= 15 is 0 Å². The van der Waals surface area contributed by atoms with Crippen LogP contribution in [-0.2, 0) is 6.42 Å². The van der Waals surface area contributed by atoms with E-state index in [-0.39, 0.29) is 0 Å². The van der Waals surface area contributed by atoms with Gasteiger partial charge < -0.3 is 21.7 Å². The Morgan fingerprint density at radius 2 is 1.91 bits per heavy atom. The Kier molecular flexibility index (Phi) is 3.36. The minimum atomic E-state index is 0.304. The van der Waals surface area contributed by atoms with Crippen LogP contribution in [0.4, 0.5) is 17.6 Å². The lowest BCUT2D eigenvalue weighted by Gasteiger charge is -2.34. The summed E-state index contributed by atoms with van der Waals surface area (Å²) in [5.74, 6) is 2.66. The molecule has 0 aromatic carbocycles. The van der Waals surface area contributed by atoms with Crippen molar-refractivity contribution in [2.75, 3.05) is 42.5 Å². The van der Waals surface area contributed by atoms with Gasteiger partial charge in [-0.15, -0.1) is 0 Å². The van der Waals surface area contributed by atoms with Gasteiger partial charge >= 0.3 is 0 Å². The first-order chi connectivity index (χ1) is 10.7. The second-order valence-electron chi connectivity index (χ2n) is 7.34. The molecule has 2 saturated heterocycles. The second-order valence-corrected chi connectivity index (χ2v) is 7.34. The SMILES string of the molecule is Nc1nc(N)c(CC2CC2)c(N2CCC3(CCNCC3)C2)n1. The van der Waals surface area contributed by atoms with Gasteiger partial charge in [0.1, 0.15) is 11.6 Å². The Morgan fingerprint density at radius 3 is 2.64 bits per heavy atom. The fourth-order valence-electron chi connectivity index (χ4n) is 4.06. The standard InChI is InChI=1S/C16H26N6/c17-13-12(9-11-1-2-11)14(21-15(18)20-13)22-8-5-16(10-22)3-6-19-7-4-16/h11,19H,1-10H2,(H4,17,18,20,21). The molecule has 22 heavy (non-hydrogen) atoms. The lowest BCUT2D eigenvalue weighted by Crippen LogP contribution is -2.39. The molecule has 3 heterocycles. The normalized spacial score (nSPS) is 24.1. The summed E-state index contributed by atoms with van der Waals surface area (Å²) in [4.78, 5) is 11.2. The third-order valence-corrected chi connectivity index (χ3v) is 5.63. The van der Waals surface area contributed by atoms with Gasteiger partial charge in [-0.3, -0.25) is 0 Å². The van der Waals surface area contributed by atoms with Crippen LogP contribution in [0.1, 0.15) is 37.7 Å². The lowest BCUT2D eigenvalue weighted by atomic mass is 9.78. The van der Waals surface area contributed by atoms with E-state index in [0.29, 0.717) is 17.2 Å². The van der Waals surface area contributed by atoms with Gasteiger partial charge in [-0.25, -0.2) is 0 Å². The largest absolute Gasteiger partial charge is 0.383 e. The number of piperidine rings is 1. The van der Waals surface area contributed by atoms with E-state index in [2.05, 4.69) is 20.2 Å². The minimum absolute atomic E-state index is 0.304. The monoisotopic (exact) mass is 302 g/mol. The van der Waals surface area contributed by atoms with Crippen LogP contribution in [0.15, 0.2) is 0 Å². The molecule has 3 aliphatic rings. The highest BCUT2D eigenvalue weighted by molar-refractivity contribution is 5.60. The Bertz CT molecular complexity index is 562. The maximum atomic E-state index is 6.17. The number of nitrogen functional groups attached to an aromatic ring is 2. The molecule has 1 aromatic heterocycles. The van der Waals surface area contributed by atoms with Crippen molar-refractivity contribution >= 4 is 17.6 Å². The van der Waals surface area contributed by atoms with Crippen molar-refractivity contribution < 1.29 is 0 Å². The summed E-state index contributed by atoms with van der Waals surface area (Å²) in [6.07, 6.45) is 7.39. The highest BCUT2D eigenvalue weighted by Gasteiger charge is 2.40. The number of nitrogens with two attached hydrogens (primary N) is 2. The third kappa shape index (κ3) is 2.60. The number of hydrogen-bond donors (Lipinski definition) is 3. The van der Waals surface area contributed by atoms with Gasteiger partial charge in [-0.05, 0) is 62.9 Å². The summed E-state index contributed by atoms with van der Waals surface area (Å²) in [6, 6.07) is 0. The van der Waals surface area contributed by atoms with Gasteiger partial charge in [-0.1, -0.05) is 0 Å². The van der Waals surface area contributed by atoms with Crippen molar-refractivity contribution in [3.63, 3.8) is 0 Å². The zero-order chi connectivity index (χ0) is 15.2.